The van der Waals surface area contributed by atoms with Gasteiger partial charge in [0, 0.05) is 41.5 Å². The van der Waals surface area contributed by atoms with Crippen molar-refractivity contribution in [1.82, 2.24) is 15.3 Å². The largest absolute Gasteiger partial charge is 0.444 e. The Kier molecular flexibility index (Phi) is 10.6. The summed E-state index contributed by atoms with van der Waals surface area (Å²) >= 11 is 1.45. The molecule has 0 aliphatic carbocycles. The number of anilines is 1. The number of pyridine rings is 1. The number of hydrogen-bond acceptors (Lipinski definition) is 7. The van der Waals surface area contributed by atoms with E-state index < -0.39 is 11.7 Å². The van der Waals surface area contributed by atoms with Gasteiger partial charge in [0.25, 0.3) is 0 Å². The van der Waals surface area contributed by atoms with Crippen LogP contribution in [0.2, 0.25) is 0 Å². The highest BCUT2D eigenvalue weighted by atomic mass is 32.2. The Hall–Kier alpha value is -4.11. The van der Waals surface area contributed by atoms with E-state index in [9.17, 15) is 9.59 Å². The van der Waals surface area contributed by atoms with Gasteiger partial charge in [-0.2, -0.15) is 0 Å². The van der Waals surface area contributed by atoms with Crippen LogP contribution in [0.5, 0.6) is 0 Å². The number of ether oxygens (including phenoxy) is 1. The predicted octanol–water partition coefficient (Wildman–Crippen LogP) is 7.37. The molecule has 2 heterocycles. The van der Waals surface area contributed by atoms with Crippen LogP contribution in [0.4, 0.5) is 10.5 Å². The SMILES string of the molecule is CC(C)(C)OC(=O)Nc1ccc(SCC(=O)NCCCCCc2ncc(-c3ccc(-c4cccnc4)cc3)o2)cc1. The lowest BCUT2D eigenvalue weighted by Crippen LogP contribution is -2.27. The van der Waals surface area contributed by atoms with Gasteiger partial charge in [-0.05, 0) is 75.1 Å². The fourth-order valence-corrected chi connectivity index (χ4v) is 4.71. The number of unbranched alkanes of at least 4 members (excludes halogenated alkanes) is 2. The van der Waals surface area contributed by atoms with Crippen molar-refractivity contribution in [1.29, 1.82) is 0 Å². The van der Waals surface area contributed by atoms with E-state index in [2.05, 4.69) is 32.7 Å². The average molecular weight is 573 g/mol. The van der Waals surface area contributed by atoms with E-state index in [-0.39, 0.29) is 5.91 Å². The van der Waals surface area contributed by atoms with Crippen LogP contribution in [0.15, 0.2) is 88.6 Å². The molecule has 2 N–H and O–H groups in total. The third-order valence-electron chi connectivity index (χ3n) is 5.98. The van der Waals surface area contributed by atoms with Gasteiger partial charge in [-0.15, -0.1) is 11.8 Å². The van der Waals surface area contributed by atoms with Gasteiger partial charge in [0.2, 0.25) is 5.91 Å². The van der Waals surface area contributed by atoms with E-state index >= 15 is 0 Å². The average Bonchev–Trinajstić information content (AvgIpc) is 3.43. The molecule has 0 saturated heterocycles. The van der Waals surface area contributed by atoms with Crippen molar-refractivity contribution < 1.29 is 18.7 Å². The molecule has 2 amide bonds. The molecule has 2 aromatic heterocycles. The summed E-state index contributed by atoms with van der Waals surface area (Å²) in [5.74, 6) is 1.82. The molecule has 0 aliphatic heterocycles. The van der Waals surface area contributed by atoms with Gasteiger partial charge in [-0.25, -0.2) is 9.78 Å². The van der Waals surface area contributed by atoms with Crippen LogP contribution in [-0.4, -0.2) is 39.9 Å². The first-order valence-corrected chi connectivity index (χ1v) is 14.7. The van der Waals surface area contributed by atoms with E-state index in [0.29, 0.717) is 18.0 Å². The molecule has 0 bridgehead atoms. The molecule has 0 fully saturated rings. The zero-order chi connectivity index (χ0) is 29.1. The van der Waals surface area contributed by atoms with Crippen molar-refractivity contribution in [3.8, 4) is 22.5 Å². The Labute approximate surface area is 245 Å². The first-order valence-electron chi connectivity index (χ1n) is 13.7. The van der Waals surface area contributed by atoms with E-state index in [1.807, 2.05) is 63.4 Å². The normalized spacial score (nSPS) is 11.2. The summed E-state index contributed by atoms with van der Waals surface area (Å²) in [6.45, 7) is 6.09. The van der Waals surface area contributed by atoms with Gasteiger partial charge in [0.05, 0.1) is 11.9 Å². The minimum absolute atomic E-state index is 0.00199. The maximum atomic E-state index is 12.2. The number of hydrogen-bond donors (Lipinski definition) is 2. The summed E-state index contributed by atoms with van der Waals surface area (Å²) in [6.07, 6.45) is 8.46. The first-order chi connectivity index (χ1) is 19.7. The minimum atomic E-state index is -0.552. The fourth-order valence-electron chi connectivity index (χ4n) is 3.98. The van der Waals surface area contributed by atoms with Crippen molar-refractivity contribution in [2.24, 2.45) is 0 Å². The zero-order valence-corrected chi connectivity index (χ0v) is 24.5. The molecule has 8 nitrogen and oxygen atoms in total. The molecule has 4 aromatic rings. The highest BCUT2D eigenvalue weighted by molar-refractivity contribution is 8.00. The number of carbonyl (C=O) groups is 2. The summed E-state index contributed by atoms with van der Waals surface area (Å²) < 4.78 is 11.2. The van der Waals surface area contributed by atoms with Crippen LogP contribution in [0.1, 0.15) is 45.9 Å². The number of oxazole rings is 1. The molecular formula is C32H36N4O4S. The van der Waals surface area contributed by atoms with E-state index in [4.69, 9.17) is 9.15 Å². The Bertz CT molecular complexity index is 1400. The first kappa shape index (κ1) is 29.9. The van der Waals surface area contributed by atoms with Gasteiger partial charge in [0.15, 0.2) is 11.7 Å². The van der Waals surface area contributed by atoms with Gasteiger partial charge in [-0.1, -0.05) is 36.8 Å². The molecule has 2 aromatic carbocycles. The number of aryl methyl sites for hydroxylation is 1. The second-order valence-corrected chi connectivity index (χ2v) is 11.6. The standard InChI is InChI=1S/C32H36N4O4S/c1-32(2,3)40-31(38)36-26-14-16-27(17-15-26)41-22-29(37)34-19-6-4-5-9-30-35-21-28(39-30)24-12-10-23(11-13-24)25-8-7-18-33-20-25/h7-8,10-18,20-21H,4-6,9,19,22H2,1-3H3,(H,34,37)(H,36,38). The van der Waals surface area contributed by atoms with Gasteiger partial charge >= 0.3 is 6.09 Å². The number of aromatic nitrogens is 2. The zero-order valence-electron chi connectivity index (χ0n) is 23.7. The lowest BCUT2D eigenvalue weighted by atomic mass is 10.1. The molecule has 9 heteroatoms. The van der Waals surface area contributed by atoms with E-state index in [1.54, 1.807) is 24.5 Å². The Balaban J connectivity index is 1.09. The lowest BCUT2D eigenvalue weighted by molar-refractivity contribution is -0.118. The maximum Gasteiger partial charge on any atom is 0.412 e. The second-order valence-electron chi connectivity index (χ2n) is 10.5. The molecule has 4 rings (SSSR count). The number of nitrogens with one attached hydrogen (secondary N) is 2. The molecule has 0 unspecified atom stereocenters. The number of amides is 2. The van der Waals surface area contributed by atoms with Crippen LogP contribution in [-0.2, 0) is 16.0 Å². The summed E-state index contributed by atoms with van der Waals surface area (Å²) in [5, 5.41) is 5.68. The van der Waals surface area contributed by atoms with Crippen LogP contribution in [0, 0.1) is 0 Å². The molecule has 214 valence electrons. The summed E-state index contributed by atoms with van der Waals surface area (Å²) in [6, 6.07) is 19.5. The van der Waals surface area contributed by atoms with E-state index in [0.717, 1.165) is 58.9 Å². The smallest absolute Gasteiger partial charge is 0.412 e. The van der Waals surface area contributed by atoms with Crippen molar-refractivity contribution in [3.05, 3.63) is 85.1 Å². The maximum absolute atomic E-state index is 12.2. The van der Waals surface area contributed by atoms with Crippen LogP contribution >= 0.6 is 11.8 Å². The van der Waals surface area contributed by atoms with Crippen molar-refractivity contribution in [3.63, 3.8) is 0 Å². The second kappa shape index (κ2) is 14.5. The van der Waals surface area contributed by atoms with Gasteiger partial charge in [0.1, 0.15) is 5.60 Å². The Morgan fingerprint density at radius 1 is 0.902 bits per heavy atom. The molecule has 0 spiro atoms. The molecule has 0 atom stereocenters. The number of benzene rings is 2. The highest BCUT2D eigenvalue weighted by Crippen LogP contribution is 2.25. The van der Waals surface area contributed by atoms with Crippen LogP contribution in [0.3, 0.4) is 0 Å². The number of carbonyl (C=O) groups excluding carboxylic acids is 2. The van der Waals surface area contributed by atoms with Gasteiger partial charge in [-0.3, -0.25) is 15.1 Å². The number of rotatable bonds is 12. The monoisotopic (exact) mass is 572 g/mol. The number of thioether (sulfide) groups is 1. The van der Waals surface area contributed by atoms with Crippen LogP contribution < -0.4 is 10.6 Å². The Morgan fingerprint density at radius 2 is 1.66 bits per heavy atom. The fraction of sp³-hybridized carbons (Fsp3) is 0.312. The molecule has 41 heavy (non-hydrogen) atoms. The molecule has 0 aliphatic rings. The number of nitrogens with zero attached hydrogens (tertiary/aromatic N) is 2. The molecular weight excluding hydrogens is 536 g/mol. The molecule has 0 saturated carbocycles. The third kappa shape index (κ3) is 10.1. The van der Waals surface area contributed by atoms with Crippen LogP contribution in [0.25, 0.3) is 22.5 Å². The summed E-state index contributed by atoms with van der Waals surface area (Å²) in [4.78, 5) is 33.6. The van der Waals surface area contributed by atoms with Gasteiger partial charge < -0.3 is 14.5 Å². The van der Waals surface area contributed by atoms with Crippen molar-refractivity contribution in [2.45, 2.75) is 57.0 Å². The Morgan fingerprint density at radius 3 is 2.37 bits per heavy atom. The summed E-state index contributed by atoms with van der Waals surface area (Å²) in [5.41, 5.74) is 3.27. The third-order valence-corrected chi connectivity index (χ3v) is 6.99. The molecule has 0 radical (unpaired) electrons. The van der Waals surface area contributed by atoms with Crippen molar-refractivity contribution in [2.75, 3.05) is 17.6 Å². The quantitative estimate of drug-likeness (QED) is 0.135. The highest BCUT2D eigenvalue weighted by Gasteiger charge is 2.16. The summed E-state index contributed by atoms with van der Waals surface area (Å²) in [7, 11) is 0. The predicted molar refractivity (Wildman–Crippen MR) is 163 cm³/mol. The van der Waals surface area contributed by atoms with Crippen molar-refractivity contribution >= 4 is 29.4 Å². The van der Waals surface area contributed by atoms with E-state index in [1.165, 1.54) is 11.8 Å². The topological polar surface area (TPSA) is 106 Å². The lowest BCUT2D eigenvalue weighted by Gasteiger charge is -2.19. The minimum Gasteiger partial charge on any atom is -0.444 e.